The van der Waals surface area contributed by atoms with Gasteiger partial charge < -0.3 is 20.0 Å². The molecule has 7 heteroatoms. The molecule has 1 aromatic carbocycles. The second-order valence-electron chi connectivity index (χ2n) is 6.86. The second kappa shape index (κ2) is 8.22. The summed E-state index contributed by atoms with van der Waals surface area (Å²) in [4.78, 5) is 12.3. The van der Waals surface area contributed by atoms with Gasteiger partial charge in [-0.3, -0.25) is 4.79 Å². The Morgan fingerprint density at radius 1 is 1.28 bits per heavy atom. The summed E-state index contributed by atoms with van der Waals surface area (Å²) in [6, 6.07) is 9.64. The van der Waals surface area contributed by atoms with Crippen LogP contribution in [0.15, 0.2) is 34.7 Å². The summed E-state index contributed by atoms with van der Waals surface area (Å²) in [6.07, 6.45) is -0.545. The van der Waals surface area contributed by atoms with E-state index in [1.165, 1.54) is 0 Å². The molecule has 3 N–H and O–H groups in total. The number of hydrogen-bond donors (Lipinski definition) is 2. The molecule has 0 radical (unpaired) electrons. The second-order valence-corrected chi connectivity index (χ2v) is 6.86. The van der Waals surface area contributed by atoms with Crippen LogP contribution in [0.3, 0.4) is 0 Å². The van der Waals surface area contributed by atoms with Crippen molar-refractivity contribution < 1.29 is 19.1 Å². The minimum Gasteiger partial charge on any atom is -0.460 e. The van der Waals surface area contributed by atoms with Crippen LogP contribution in [0.25, 0.3) is 0 Å². The van der Waals surface area contributed by atoms with Gasteiger partial charge in [0.15, 0.2) is 0 Å². The van der Waals surface area contributed by atoms with Gasteiger partial charge in [0.2, 0.25) is 11.8 Å². The number of rotatable bonds is 7. The third-order valence-electron chi connectivity index (χ3n) is 3.50. The zero-order chi connectivity index (χ0) is 18.4. The normalized spacial score (nSPS) is 14.1. The lowest BCUT2D eigenvalue weighted by Gasteiger charge is -2.25. The maximum atomic E-state index is 12.3. The van der Waals surface area contributed by atoms with Crippen molar-refractivity contribution >= 4 is 5.97 Å². The molecule has 1 aromatic heterocycles. The quantitative estimate of drug-likeness (QED) is 0.737. The smallest absolute Gasteiger partial charge is 0.312 e. The van der Waals surface area contributed by atoms with Crippen LogP contribution in [0.2, 0.25) is 0 Å². The number of nitrogens with two attached hydrogens (primary N) is 1. The molecule has 2 aromatic rings. The van der Waals surface area contributed by atoms with E-state index >= 15 is 0 Å². The van der Waals surface area contributed by atoms with Crippen molar-refractivity contribution in [2.24, 2.45) is 11.7 Å². The molecule has 0 aliphatic rings. The van der Waals surface area contributed by atoms with E-state index in [9.17, 15) is 9.90 Å². The number of hydrogen-bond acceptors (Lipinski definition) is 7. The first-order valence-corrected chi connectivity index (χ1v) is 8.27. The van der Waals surface area contributed by atoms with Crippen molar-refractivity contribution in [3.05, 3.63) is 47.7 Å². The van der Waals surface area contributed by atoms with Crippen molar-refractivity contribution in [3.63, 3.8) is 0 Å². The van der Waals surface area contributed by atoms with Crippen LogP contribution in [-0.2, 0) is 16.0 Å². The number of nitrogens with zero attached hydrogens (tertiary/aromatic N) is 2. The van der Waals surface area contributed by atoms with Gasteiger partial charge in [-0.2, -0.15) is 0 Å². The number of aromatic nitrogens is 2. The Bertz CT molecular complexity index is 679. The molecule has 136 valence electrons. The maximum Gasteiger partial charge on any atom is 0.312 e. The number of aliphatic hydroxyl groups excluding tert-OH is 1. The lowest BCUT2D eigenvalue weighted by Crippen LogP contribution is -2.33. The molecule has 0 spiro atoms. The highest BCUT2D eigenvalue weighted by molar-refractivity contribution is 5.73. The standard InChI is InChI=1S/C18H25N3O4/c1-18(2,3)25-17(23)13(9-10-19)15(22)16-21-20-14(24-16)11-12-7-5-4-6-8-12/h4-8,13,15,22H,9-11,19H2,1-3H3. The molecule has 0 aliphatic heterocycles. The van der Waals surface area contributed by atoms with E-state index < -0.39 is 23.6 Å². The molecule has 2 atom stereocenters. The highest BCUT2D eigenvalue weighted by Crippen LogP contribution is 2.27. The fourth-order valence-electron chi connectivity index (χ4n) is 2.36. The Morgan fingerprint density at radius 3 is 2.56 bits per heavy atom. The average molecular weight is 347 g/mol. The molecule has 0 amide bonds. The number of ether oxygens (including phenoxy) is 1. The Kier molecular flexibility index (Phi) is 6.27. The number of carbonyl (C=O) groups is 1. The Labute approximate surface area is 147 Å². The van der Waals surface area contributed by atoms with Crippen LogP contribution in [0, 0.1) is 5.92 Å². The van der Waals surface area contributed by atoms with Crippen LogP contribution in [0.1, 0.15) is 50.6 Å². The van der Waals surface area contributed by atoms with E-state index in [1.54, 1.807) is 20.8 Å². The number of aliphatic hydroxyl groups is 1. The fraction of sp³-hybridized carbons (Fsp3) is 0.500. The molecule has 1 heterocycles. The van der Waals surface area contributed by atoms with Crippen molar-refractivity contribution in [3.8, 4) is 0 Å². The number of benzene rings is 1. The summed E-state index contributed by atoms with van der Waals surface area (Å²) >= 11 is 0. The predicted molar refractivity (Wildman–Crippen MR) is 91.5 cm³/mol. The van der Waals surface area contributed by atoms with Gasteiger partial charge in [-0.1, -0.05) is 30.3 Å². The Balaban J connectivity index is 2.11. The van der Waals surface area contributed by atoms with E-state index in [1.807, 2.05) is 30.3 Å². The molecule has 0 saturated heterocycles. The van der Waals surface area contributed by atoms with Crippen LogP contribution < -0.4 is 5.73 Å². The van der Waals surface area contributed by atoms with Crippen molar-refractivity contribution in [2.75, 3.05) is 6.54 Å². The maximum absolute atomic E-state index is 12.3. The monoisotopic (exact) mass is 347 g/mol. The minimum atomic E-state index is -1.25. The third kappa shape index (κ3) is 5.65. The van der Waals surface area contributed by atoms with Gasteiger partial charge in [0.25, 0.3) is 0 Å². The van der Waals surface area contributed by atoms with Gasteiger partial charge >= 0.3 is 5.97 Å². The van der Waals surface area contributed by atoms with Gasteiger partial charge in [-0.05, 0) is 39.3 Å². The largest absolute Gasteiger partial charge is 0.460 e. The average Bonchev–Trinajstić information content (AvgIpc) is 2.99. The highest BCUT2D eigenvalue weighted by Gasteiger charge is 2.34. The van der Waals surface area contributed by atoms with Crippen molar-refractivity contribution in [1.29, 1.82) is 0 Å². The molecular formula is C18H25N3O4. The van der Waals surface area contributed by atoms with Gasteiger partial charge in [0, 0.05) is 0 Å². The van der Waals surface area contributed by atoms with Gasteiger partial charge in [0.05, 0.1) is 12.3 Å². The molecule has 0 aliphatic carbocycles. The van der Waals surface area contributed by atoms with Crippen LogP contribution in [0.4, 0.5) is 0 Å². The Hall–Kier alpha value is -2.25. The van der Waals surface area contributed by atoms with Crippen LogP contribution in [-0.4, -0.2) is 33.4 Å². The molecule has 2 rings (SSSR count). The SMILES string of the molecule is CC(C)(C)OC(=O)C(CCN)C(O)c1nnc(Cc2ccccc2)o1. The zero-order valence-electron chi connectivity index (χ0n) is 14.8. The first-order chi connectivity index (χ1) is 11.8. The number of carbonyl (C=O) groups excluding carboxylic acids is 1. The predicted octanol–water partition coefficient (Wildman–Crippen LogP) is 2.00. The van der Waals surface area contributed by atoms with E-state index in [0.29, 0.717) is 12.3 Å². The minimum absolute atomic E-state index is 0.00441. The summed E-state index contributed by atoms with van der Waals surface area (Å²) in [7, 11) is 0. The molecule has 0 bridgehead atoms. The van der Waals surface area contributed by atoms with Gasteiger partial charge in [-0.25, -0.2) is 0 Å². The zero-order valence-corrected chi connectivity index (χ0v) is 14.8. The van der Waals surface area contributed by atoms with Crippen molar-refractivity contribution in [2.45, 2.75) is 45.3 Å². The number of esters is 1. The third-order valence-corrected chi connectivity index (χ3v) is 3.50. The van der Waals surface area contributed by atoms with Crippen LogP contribution >= 0.6 is 0 Å². The lowest BCUT2D eigenvalue weighted by molar-refractivity contribution is -0.165. The Morgan fingerprint density at radius 2 is 1.96 bits per heavy atom. The summed E-state index contributed by atoms with van der Waals surface area (Å²) in [5, 5.41) is 18.3. The first kappa shape index (κ1) is 19.1. The first-order valence-electron chi connectivity index (χ1n) is 8.27. The topological polar surface area (TPSA) is 111 Å². The summed E-state index contributed by atoms with van der Waals surface area (Å²) in [5.74, 6) is -1.02. The molecule has 0 fully saturated rings. The highest BCUT2D eigenvalue weighted by atomic mass is 16.6. The van der Waals surface area contributed by atoms with E-state index in [0.717, 1.165) is 5.56 Å². The fourth-order valence-corrected chi connectivity index (χ4v) is 2.36. The van der Waals surface area contributed by atoms with E-state index in [4.69, 9.17) is 14.9 Å². The van der Waals surface area contributed by atoms with E-state index in [-0.39, 0.29) is 18.9 Å². The molecule has 0 saturated carbocycles. The molecule has 25 heavy (non-hydrogen) atoms. The summed E-state index contributed by atoms with van der Waals surface area (Å²) < 4.78 is 10.9. The van der Waals surface area contributed by atoms with Crippen molar-refractivity contribution in [1.82, 2.24) is 10.2 Å². The molecule has 2 unspecified atom stereocenters. The molecule has 7 nitrogen and oxygen atoms in total. The van der Waals surface area contributed by atoms with E-state index in [2.05, 4.69) is 10.2 Å². The van der Waals surface area contributed by atoms with Crippen LogP contribution in [0.5, 0.6) is 0 Å². The summed E-state index contributed by atoms with van der Waals surface area (Å²) in [6.45, 7) is 5.52. The van der Waals surface area contributed by atoms with Gasteiger partial charge in [-0.15, -0.1) is 10.2 Å². The van der Waals surface area contributed by atoms with Gasteiger partial charge in [0.1, 0.15) is 11.7 Å². The summed E-state index contributed by atoms with van der Waals surface area (Å²) in [5.41, 5.74) is 5.92. The lowest BCUT2D eigenvalue weighted by atomic mass is 9.98. The molecular weight excluding hydrogens is 322 g/mol.